The van der Waals surface area contributed by atoms with Gasteiger partial charge in [0.2, 0.25) is 11.8 Å². The summed E-state index contributed by atoms with van der Waals surface area (Å²) >= 11 is 0. The Hall–Kier alpha value is -3.23. The topological polar surface area (TPSA) is 103 Å². The summed E-state index contributed by atoms with van der Waals surface area (Å²) in [5, 5.41) is 10.6. The molecule has 0 fully saturated rings. The molecule has 0 radical (unpaired) electrons. The van der Waals surface area contributed by atoms with Crippen LogP contribution in [0.4, 0.5) is 0 Å². The Kier molecular flexibility index (Phi) is 4.93. The number of amides is 1. The molecular formula is C19H23N3O6. The van der Waals surface area contributed by atoms with E-state index in [1.54, 1.807) is 6.07 Å². The van der Waals surface area contributed by atoms with Crippen molar-refractivity contribution in [2.24, 2.45) is 14.1 Å². The molecule has 1 aromatic heterocycles. The van der Waals surface area contributed by atoms with Crippen molar-refractivity contribution in [1.29, 1.82) is 0 Å². The smallest absolute Gasteiger partial charge is 0.333 e. The number of fused-ring (bicyclic) bond motifs is 1. The minimum Gasteiger partial charge on any atom is -0.494 e. The fraction of sp³-hybridized carbons (Fsp3) is 0.421. The van der Waals surface area contributed by atoms with E-state index in [0.29, 0.717) is 30.0 Å². The van der Waals surface area contributed by atoms with Crippen molar-refractivity contribution < 1.29 is 19.4 Å². The molecule has 3 rings (SSSR count). The molecule has 0 unspecified atom stereocenters. The van der Waals surface area contributed by atoms with Crippen molar-refractivity contribution in [3.05, 3.63) is 49.7 Å². The van der Waals surface area contributed by atoms with Crippen molar-refractivity contribution in [2.75, 3.05) is 20.8 Å². The Balaban J connectivity index is 2.38. The lowest BCUT2D eigenvalue weighted by Gasteiger charge is -2.37. The maximum absolute atomic E-state index is 12.9. The summed E-state index contributed by atoms with van der Waals surface area (Å²) < 4.78 is 12.6. The van der Waals surface area contributed by atoms with Crippen molar-refractivity contribution in [2.45, 2.75) is 19.4 Å². The van der Waals surface area contributed by atoms with Gasteiger partial charge in [-0.3, -0.25) is 18.7 Å². The van der Waals surface area contributed by atoms with Gasteiger partial charge in [-0.1, -0.05) is 0 Å². The number of rotatable bonds is 3. The monoisotopic (exact) mass is 389 g/mol. The first-order valence-electron chi connectivity index (χ1n) is 8.73. The summed E-state index contributed by atoms with van der Waals surface area (Å²) in [6.07, 6.45) is 0.554. The van der Waals surface area contributed by atoms with Gasteiger partial charge in [0.1, 0.15) is 5.56 Å². The lowest BCUT2D eigenvalue weighted by Crippen LogP contribution is -2.45. The van der Waals surface area contributed by atoms with Crippen LogP contribution in [-0.2, 0) is 25.3 Å². The van der Waals surface area contributed by atoms with Crippen LogP contribution in [-0.4, -0.2) is 45.8 Å². The second kappa shape index (κ2) is 7.06. The van der Waals surface area contributed by atoms with E-state index in [0.717, 1.165) is 14.7 Å². The molecule has 1 aromatic carbocycles. The molecule has 1 aliphatic rings. The molecule has 1 N–H and O–H groups in total. The van der Waals surface area contributed by atoms with Crippen LogP contribution in [0.25, 0.3) is 0 Å². The van der Waals surface area contributed by atoms with E-state index >= 15 is 0 Å². The van der Waals surface area contributed by atoms with E-state index in [9.17, 15) is 19.5 Å². The Bertz CT molecular complexity index is 1070. The third-order valence-electron chi connectivity index (χ3n) is 5.22. The first-order chi connectivity index (χ1) is 13.2. The van der Waals surface area contributed by atoms with Crippen LogP contribution >= 0.6 is 0 Å². The van der Waals surface area contributed by atoms with Gasteiger partial charge in [0.15, 0.2) is 11.5 Å². The largest absolute Gasteiger partial charge is 0.494 e. The third kappa shape index (κ3) is 2.83. The van der Waals surface area contributed by atoms with E-state index in [1.807, 2.05) is 6.07 Å². The van der Waals surface area contributed by atoms with Gasteiger partial charge in [0.05, 0.1) is 20.3 Å². The van der Waals surface area contributed by atoms with E-state index in [4.69, 9.17) is 9.47 Å². The Morgan fingerprint density at radius 1 is 1.11 bits per heavy atom. The molecule has 1 atom stereocenters. The van der Waals surface area contributed by atoms with Crippen LogP contribution in [0.2, 0.25) is 0 Å². The van der Waals surface area contributed by atoms with Crippen LogP contribution < -0.4 is 20.7 Å². The average Bonchev–Trinajstić information content (AvgIpc) is 2.69. The molecule has 9 nitrogen and oxygen atoms in total. The highest BCUT2D eigenvalue weighted by Gasteiger charge is 2.36. The van der Waals surface area contributed by atoms with Crippen LogP contribution in [0, 0.1) is 0 Å². The quantitative estimate of drug-likeness (QED) is 0.810. The van der Waals surface area contributed by atoms with Gasteiger partial charge in [0.25, 0.3) is 5.56 Å². The summed E-state index contributed by atoms with van der Waals surface area (Å²) in [6, 6.07) is 2.66. The number of ether oxygens (including phenoxy) is 2. The molecule has 0 saturated carbocycles. The predicted octanol–water partition coefficient (Wildman–Crippen LogP) is 0.301. The zero-order valence-electron chi connectivity index (χ0n) is 16.5. The lowest BCUT2D eigenvalue weighted by atomic mass is 9.88. The lowest BCUT2D eigenvalue weighted by molar-refractivity contribution is -0.130. The third-order valence-corrected chi connectivity index (χ3v) is 5.22. The van der Waals surface area contributed by atoms with Gasteiger partial charge in [0, 0.05) is 27.6 Å². The Labute approximate surface area is 161 Å². The van der Waals surface area contributed by atoms with Crippen LogP contribution in [0.5, 0.6) is 17.4 Å². The standard InChI is InChI=1S/C19H23N3O6/c1-10(23)22-7-6-11-8-13(27-4)14(28-5)9-12(11)16(22)15-17(24)20(2)19(26)21(3)18(15)25/h8-9,16,24H,6-7H2,1-5H3/t16-/m1/s1. The Morgan fingerprint density at radius 2 is 1.71 bits per heavy atom. The zero-order valence-corrected chi connectivity index (χ0v) is 16.5. The van der Waals surface area contributed by atoms with Crippen LogP contribution in [0.1, 0.15) is 29.7 Å². The number of hydrogen-bond donors (Lipinski definition) is 1. The molecule has 28 heavy (non-hydrogen) atoms. The van der Waals surface area contributed by atoms with E-state index in [-0.39, 0.29) is 11.5 Å². The first-order valence-corrected chi connectivity index (χ1v) is 8.73. The summed E-state index contributed by atoms with van der Waals surface area (Å²) in [5.41, 5.74) is 0.178. The second-order valence-electron chi connectivity index (χ2n) is 6.71. The van der Waals surface area contributed by atoms with Gasteiger partial charge in [-0.25, -0.2) is 4.79 Å². The molecule has 2 heterocycles. The SMILES string of the molecule is COc1cc2c(cc1OC)[C@H](c1c(O)n(C)c(=O)n(C)c1=O)N(C(C)=O)CC2. The molecular weight excluding hydrogens is 366 g/mol. The molecule has 0 aliphatic carbocycles. The molecule has 9 heteroatoms. The zero-order chi connectivity index (χ0) is 20.7. The predicted molar refractivity (Wildman–Crippen MR) is 101 cm³/mol. The molecule has 0 bridgehead atoms. The molecule has 1 amide bonds. The average molecular weight is 389 g/mol. The molecule has 0 spiro atoms. The van der Waals surface area contributed by atoms with Crippen molar-refractivity contribution >= 4 is 5.91 Å². The number of hydrogen-bond acceptors (Lipinski definition) is 6. The van der Waals surface area contributed by atoms with E-state index < -0.39 is 23.2 Å². The van der Waals surface area contributed by atoms with Crippen molar-refractivity contribution in [1.82, 2.24) is 14.0 Å². The molecule has 150 valence electrons. The van der Waals surface area contributed by atoms with Gasteiger partial charge < -0.3 is 19.5 Å². The van der Waals surface area contributed by atoms with Crippen molar-refractivity contribution in [3.63, 3.8) is 0 Å². The summed E-state index contributed by atoms with van der Waals surface area (Å²) in [6.45, 7) is 1.76. The Morgan fingerprint density at radius 3 is 2.29 bits per heavy atom. The summed E-state index contributed by atoms with van der Waals surface area (Å²) in [7, 11) is 5.73. The van der Waals surface area contributed by atoms with E-state index in [1.165, 1.54) is 40.1 Å². The fourth-order valence-corrected chi connectivity index (χ4v) is 3.70. The summed E-state index contributed by atoms with van der Waals surface area (Å²) in [5.74, 6) is 0.263. The minimum atomic E-state index is -0.855. The summed E-state index contributed by atoms with van der Waals surface area (Å²) in [4.78, 5) is 38.9. The van der Waals surface area contributed by atoms with Gasteiger partial charge in [-0.2, -0.15) is 0 Å². The number of benzene rings is 1. The van der Waals surface area contributed by atoms with Crippen LogP contribution in [0.15, 0.2) is 21.7 Å². The highest BCUT2D eigenvalue weighted by molar-refractivity contribution is 5.75. The highest BCUT2D eigenvalue weighted by Crippen LogP contribution is 2.41. The number of carbonyl (C=O) groups excluding carboxylic acids is 1. The number of aromatic hydroxyl groups is 1. The van der Waals surface area contributed by atoms with E-state index in [2.05, 4.69) is 0 Å². The molecule has 0 saturated heterocycles. The minimum absolute atomic E-state index is 0.0343. The molecule has 2 aromatic rings. The first kappa shape index (κ1) is 19.5. The number of carbonyl (C=O) groups is 1. The highest BCUT2D eigenvalue weighted by atomic mass is 16.5. The van der Waals surface area contributed by atoms with Gasteiger partial charge in [-0.15, -0.1) is 0 Å². The second-order valence-corrected chi connectivity index (χ2v) is 6.71. The van der Waals surface area contributed by atoms with Crippen molar-refractivity contribution in [3.8, 4) is 17.4 Å². The normalized spacial score (nSPS) is 15.9. The maximum Gasteiger partial charge on any atom is 0.333 e. The number of aromatic nitrogens is 2. The fourth-order valence-electron chi connectivity index (χ4n) is 3.70. The maximum atomic E-state index is 12.9. The van der Waals surface area contributed by atoms with Gasteiger partial charge >= 0.3 is 5.69 Å². The van der Waals surface area contributed by atoms with Gasteiger partial charge in [-0.05, 0) is 29.7 Å². The molecule has 1 aliphatic heterocycles. The van der Waals surface area contributed by atoms with Crippen LogP contribution in [0.3, 0.4) is 0 Å². The number of nitrogens with zero attached hydrogens (tertiary/aromatic N) is 3. The number of methoxy groups -OCH3 is 2.